The molecule has 0 radical (unpaired) electrons. The van der Waals surface area contributed by atoms with Gasteiger partial charge in [0.25, 0.3) is 5.91 Å². The highest BCUT2D eigenvalue weighted by molar-refractivity contribution is 5.95. The van der Waals surface area contributed by atoms with E-state index in [1.54, 1.807) is 0 Å². The highest BCUT2D eigenvalue weighted by Crippen LogP contribution is 2.49. The van der Waals surface area contributed by atoms with E-state index < -0.39 is 0 Å². The summed E-state index contributed by atoms with van der Waals surface area (Å²) in [6.07, 6.45) is 7.64. The number of halogens is 1. The van der Waals surface area contributed by atoms with Crippen LogP contribution in [0.4, 0.5) is 10.1 Å². The monoisotopic (exact) mass is 392 g/mol. The van der Waals surface area contributed by atoms with Gasteiger partial charge in [-0.2, -0.15) is 0 Å². The zero-order chi connectivity index (χ0) is 19.8. The van der Waals surface area contributed by atoms with E-state index in [1.807, 2.05) is 30.3 Å². The largest absolute Gasteiger partial charge is 0.378 e. The van der Waals surface area contributed by atoms with E-state index in [0.29, 0.717) is 18.0 Å². The van der Waals surface area contributed by atoms with Gasteiger partial charge in [0.1, 0.15) is 5.82 Å². The SMILES string of the molecule is O=C(NCC1CCCO1)c1ccc2c(c1)C1C=CCC1C(c1ccc(F)cc1)N2. The minimum Gasteiger partial charge on any atom is -0.378 e. The van der Waals surface area contributed by atoms with Crippen molar-refractivity contribution in [1.29, 1.82) is 0 Å². The van der Waals surface area contributed by atoms with Crippen LogP contribution >= 0.6 is 0 Å². The number of anilines is 1. The summed E-state index contributed by atoms with van der Waals surface area (Å²) in [6.45, 7) is 1.35. The highest BCUT2D eigenvalue weighted by Gasteiger charge is 2.38. The van der Waals surface area contributed by atoms with Crippen molar-refractivity contribution in [2.75, 3.05) is 18.5 Å². The number of ether oxygens (including phenoxy) is 1. The van der Waals surface area contributed by atoms with Gasteiger partial charge in [-0.05, 0) is 66.6 Å². The topological polar surface area (TPSA) is 50.4 Å². The van der Waals surface area contributed by atoms with E-state index in [9.17, 15) is 9.18 Å². The highest BCUT2D eigenvalue weighted by atomic mass is 19.1. The Balaban J connectivity index is 1.38. The lowest BCUT2D eigenvalue weighted by molar-refractivity contribution is 0.0857. The number of rotatable bonds is 4. The quantitative estimate of drug-likeness (QED) is 0.750. The summed E-state index contributed by atoms with van der Waals surface area (Å²) in [5.74, 6) is 0.345. The number of fused-ring (bicyclic) bond motifs is 3. The standard InChI is InChI=1S/C24H25FN2O2/c25-17-9-6-15(7-10-17)23-20-5-1-4-19(20)21-13-16(8-11-22(21)27-23)24(28)26-14-18-3-2-12-29-18/h1,4,6-11,13,18-20,23,27H,2-3,5,12,14H2,(H,26,28). The summed E-state index contributed by atoms with van der Waals surface area (Å²) in [5.41, 5.74) is 3.98. The van der Waals surface area contributed by atoms with Crippen molar-refractivity contribution in [3.63, 3.8) is 0 Å². The Hall–Kier alpha value is -2.66. The van der Waals surface area contributed by atoms with Crippen molar-refractivity contribution in [2.45, 2.75) is 37.3 Å². The average molecular weight is 392 g/mol. The normalized spacial score (nSPS) is 27.2. The molecule has 0 saturated carbocycles. The Morgan fingerprint density at radius 3 is 2.86 bits per heavy atom. The van der Waals surface area contributed by atoms with Gasteiger partial charge in [-0.3, -0.25) is 4.79 Å². The summed E-state index contributed by atoms with van der Waals surface area (Å²) >= 11 is 0. The third kappa shape index (κ3) is 3.55. The molecule has 0 bridgehead atoms. The third-order valence-corrected chi connectivity index (χ3v) is 6.37. The molecule has 2 aromatic carbocycles. The molecule has 1 aliphatic carbocycles. The van der Waals surface area contributed by atoms with Gasteiger partial charge in [0.2, 0.25) is 0 Å². The van der Waals surface area contributed by atoms with Crippen molar-refractivity contribution >= 4 is 11.6 Å². The number of nitrogens with one attached hydrogen (secondary N) is 2. The second-order valence-electron chi connectivity index (χ2n) is 8.17. The van der Waals surface area contributed by atoms with Crippen LogP contribution in [-0.4, -0.2) is 25.2 Å². The van der Waals surface area contributed by atoms with Gasteiger partial charge in [0, 0.05) is 30.3 Å². The second kappa shape index (κ2) is 7.64. The minimum absolute atomic E-state index is 0.0533. The molecule has 29 heavy (non-hydrogen) atoms. The smallest absolute Gasteiger partial charge is 0.251 e. The van der Waals surface area contributed by atoms with Crippen LogP contribution in [0, 0.1) is 11.7 Å². The molecule has 4 unspecified atom stereocenters. The van der Waals surface area contributed by atoms with E-state index in [4.69, 9.17) is 4.74 Å². The number of benzene rings is 2. The van der Waals surface area contributed by atoms with Gasteiger partial charge in [-0.1, -0.05) is 24.3 Å². The van der Waals surface area contributed by atoms with Crippen LogP contribution in [0.25, 0.3) is 0 Å². The predicted octanol–water partition coefficient (Wildman–Crippen LogP) is 4.56. The van der Waals surface area contributed by atoms with Crippen molar-refractivity contribution in [2.24, 2.45) is 5.92 Å². The molecule has 1 saturated heterocycles. The first-order chi connectivity index (χ1) is 14.2. The van der Waals surface area contributed by atoms with E-state index in [1.165, 1.54) is 12.1 Å². The molecule has 2 aromatic rings. The van der Waals surface area contributed by atoms with Crippen LogP contribution in [0.1, 0.15) is 52.7 Å². The summed E-state index contributed by atoms with van der Waals surface area (Å²) in [4.78, 5) is 12.7. The Labute approximate surface area is 170 Å². The molecule has 5 rings (SSSR count). The van der Waals surface area contributed by atoms with Gasteiger partial charge in [-0.15, -0.1) is 0 Å². The van der Waals surface area contributed by atoms with Gasteiger partial charge >= 0.3 is 0 Å². The Morgan fingerprint density at radius 1 is 1.21 bits per heavy atom. The van der Waals surface area contributed by atoms with Gasteiger partial charge in [0.05, 0.1) is 12.1 Å². The molecule has 0 spiro atoms. The summed E-state index contributed by atoms with van der Waals surface area (Å²) in [7, 11) is 0. The molecular weight excluding hydrogens is 367 g/mol. The molecule has 4 nitrogen and oxygen atoms in total. The maximum atomic E-state index is 13.4. The zero-order valence-corrected chi connectivity index (χ0v) is 16.2. The molecule has 2 heterocycles. The number of carbonyl (C=O) groups excluding carboxylic acids is 1. The van der Waals surface area contributed by atoms with E-state index >= 15 is 0 Å². The van der Waals surface area contributed by atoms with Crippen molar-refractivity contribution in [3.05, 3.63) is 77.1 Å². The lowest BCUT2D eigenvalue weighted by Crippen LogP contribution is -2.32. The Morgan fingerprint density at radius 2 is 2.07 bits per heavy atom. The first kappa shape index (κ1) is 18.4. The van der Waals surface area contributed by atoms with Crippen molar-refractivity contribution in [3.8, 4) is 0 Å². The third-order valence-electron chi connectivity index (χ3n) is 6.37. The maximum Gasteiger partial charge on any atom is 0.251 e. The van der Waals surface area contributed by atoms with Crippen LogP contribution in [0.3, 0.4) is 0 Å². The van der Waals surface area contributed by atoms with E-state index in [2.05, 4.69) is 22.8 Å². The fourth-order valence-corrected chi connectivity index (χ4v) is 4.85. The van der Waals surface area contributed by atoms with Crippen LogP contribution in [0.15, 0.2) is 54.6 Å². The maximum absolute atomic E-state index is 13.4. The number of allylic oxidation sites excluding steroid dienone is 2. The average Bonchev–Trinajstić information content (AvgIpc) is 3.44. The molecule has 4 atom stereocenters. The Bertz CT molecular complexity index is 934. The van der Waals surface area contributed by atoms with Crippen LogP contribution in [0.5, 0.6) is 0 Å². The van der Waals surface area contributed by atoms with Crippen LogP contribution in [0.2, 0.25) is 0 Å². The summed E-state index contributed by atoms with van der Waals surface area (Å²) in [5, 5.41) is 6.64. The predicted molar refractivity (Wildman–Crippen MR) is 111 cm³/mol. The molecule has 2 N–H and O–H groups in total. The molecule has 0 aromatic heterocycles. The fourth-order valence-electron chi connectivity index (χ4n) is 4.85. The first-order valence-corrected chi connectivity index (χ1v) is 10.4. The summed E-state index contributed by atoms with van der Waals surface area (Å²) < 4.78 is 19.0. The van der Waals surface area contributed by atoms with Crippen LogP contribution in [-0.2, 0) is 4.74 Å². The van der Waals surface area contributed by atoms with Gasteiger partial charge in [0.15, 0.2) is 0 Å². The summed E-state index contributed by atoms with van der Waals surface area (Å²) in [6, 6.07) is 12.8. The van der Waals surface area contributed by atoms with Gasteiger partial charge < -0.3 is 15.4 Å². The number of amides is 1. The first-order valence-electron chi connectivity index (χ1n) is 10.4. The Kier molecular flexibility index (Phi) is 4.84. The van der Waals surface area contributed by atoms with E-state index in [0.717, 1.165) is 42.7 Å². The van der Waals surface area contributed by atoms with Crippen molar-refractivity contribution < 1.29 is 13.9 Å². The molecule has 5 heteroatoms. The minimum atomic E-state index is -0.218. The number of hydrogen-bond donors (Lipinski definition) is 2. The zero-order valence-electron chi connectivity index (χ0n) is 16.2. The second-order valence-corrected chi connectivity index (χ2v) is 8.17. The molecule has 3 aliphatic rings. The lowest BCUT2D eigenvalue weighted by Gasteiger charge is -2.37. The fraction of sp³-hybridized carbons (Fsp3) is 0.375. The van der Waals surface area contributed by atoms with Crippen LogP contribution < -0.4 is 10.6 Å². The van der Waals surface area contributed by atoms with Gasteiger partial charge in [-0.25, -0.2) is 4.39 Å². The molecule has 1 amide bonds. The number of hydrogen-bond acceptors (Lipinski definition) is 3. The molecule has 2 aliphatic heterocycles. The van der Waals surface area contributed by atoms with E-state index in [-0.39, 0.29) is 29.8 Å². The number of carbonyl (C=O) groups is 1. The molecule has 150 valence electrons. The molecule has 1 fully saturated rings. The molecular formula is C24H25FN2O2. The lowest BCUT2D eigenvalue weighted by atomic mass is 9.76. The van der Waals surface area contributed by atoms with Crippen molar-refractivity contribution in [1.82, 2.24) is 5.32 Å².